The van der Waals surface area contributed by atoms with E-state index in [-0.39, 0.29) is 6.61 Å². The molecule has 0 radical (unpaired) electrons. The SMILES string of the molecule is O=P(OCc1ccc2ccc3cccc4ccc1c2c34)(c1ccccc1)c1ccccc1. The Morgan fingerprint density at radius 3 is 1.69 bits per heavy atom. The highest BCUT2D eigenvalue weighted by Gasteiger charge is 2.28. The quantitative estimate of drug-likeness (QED) is 0.216. The van der Waals surface area contributed by atoms with E-state index in [1.165, 1.54) is 26.9 Å². The van der Waals surface area contributed by atoms with Crippen LogP contribution in [0, 0.1) is 0 Å². The van der Waals surface area contributed by atoms with Gasteiger partial charge in [-0.25, -0.2) is 0 Å². The minimum Gasteiger partial charge on any atom is -0.317 e. The second kappa shape index (κ2) is 7.60. The lowest BCUT2D eigenvalue weighted by atomic mass is 9.92. The van der Waals surface area contributed by atoms with Gasteiger partial charge in [-0.3, -0.25) is 4.57 Å². The fourth-order valence-electron chi connectivity index (χ4n) is 4.63. The van der Waals surface area contributed by atoms with Crippen LogP contribution in [-0.2, 0) is 15.7 Å². The molecule has 0 aliphatic heterocycles. The van der Waals surface area contributed by atoms with Gasteiger partial charge in [0.25, 0.3) is 7.37 Å². The summed E-state index contributed by atoms with van der Waals surface area (Å²) in [6.07, 6.45) is 0. The van der Waals surface area contributed by atoms with Crippen molar-refractivity contribution in [2.45, 2.75) is 6.61 Å². The molecule has 0 spiro atoms. The second-order valence-corrected chi connectivity index (χ2v) is 10.5. The largest absolute Gasteiger partial charge is 0.317 e. The Hall–Kier alpha value is -3.45. The lowest BCUT2D eigenvalue weighted by Crippen LogP contribution is -2.18. The van der Waals surface area contributed by atoms with Crippen LogP contribution in [0.25, 0.3) is 32.3 Å². The average Bonchev–Trinajstić information content (AvgIpc) is 2.87. The molecule has 32 heavy (non-hydrogen) atoms. The van der Waals surface area contributed by atoms with Crippen molar-refractivity contribution >= 4 is 50.3 Å². The summed E-state index contributed by atoms with van der Waals surface area (Å²) in [4.78, 5) is 0. The van der Waals surface area contributed by atoms with Crippen LogP contribution in [-0.4, -0.2) is 0 Å². The predicted molar refractivity (Wildman–Crippen MR) is 135 cm³/mol. The molecule has 0 saturated heterocycles. The average molecular weight is 432 g/mol. The van der Waals surface area contributed by atoms with E-state index >= 15 is 0 Å². The number of hydrogen-bond acceptors (Lipinski definition) is 2. The molecule has 6 aromatic rings. The molecule has 0 aliphatic carbocycles. The Bertz CT molecular complexity index is 1530. The Morgan fingerprint density at radius 1 is 0.531 bits per heavy atom. The van der Waals surface area contributed by atoms with Crippen LogP contribution in [0.3, 0.4) is 0 Å². The first-order chi connectivity index (χ1) is 15.7. The predicted octanol–water partition coefficient (Wildman–Crippen LogP) is 7.03. The van der Waals surface area contributed by atoms with E-state index in [1.54, 1.807) is 0 Å². The molecule has 0 atom stereocenters. The third-order valence-electron chi connectivity index (χ3n) is 6.21. The van der Waals surface area contributed by atoms with Crippen molar-refractivity contribution in [1.29, 1.82) is 0 Å². The van der Waals surface area contributed by atoms with Gasteiger partial charge in [0.15, 0.2) is 0 Å². The Balaban J connectivity index is 1.48. The normalized spacial score (nSPS) is 12.1. The molecule has 6 aromatic carbocycles. The van der Waals surface area contributed by atoms with Gasteiger partial charge in [0.05, 0.1) is 6.61 Å². The van der Waals surface area contributed by atoms with Crippen molar-refractivity contribution in [3.05, 3.63) is 121 Å². The molecule has 2 nitrogen and oxygen atoms in total. The van der Waals surface area contributed by atoms with Gasteiger partial charge in [-0.1, -0.05) is 91.0 Å². The Labute approximate surface area is 186 Å². The molecule has 0 fully saturated rings. The standard InChI is InChI=1S/C29H21O2P/c30-32(25-10-3-1-4-11-25,26-12-5-2-6-13-26)31-20-24-17-16-23-15-14-21-8-7-9-22-18-19-27(24)29(23)28(21)22/h1-19H,20H2. The van der Waals surface area contributed by atoms with Crippen LogP contribution in [0.15, 0.2) is 115 Å². The molecule has 0 saturated carbocycles. The molecule has 0 unspecified atom stereocenters. The zero-order chi connectivity index (χ0) is 21.5. The molecule has 0 bridgehead atoms. The highest BCUT2D eigenvalue weighted by Crippen LogP contribution is 2.46. The van der Waals surface area contributed by atoms with Gasteiger partial charge in [0.1, 0.15) is 0 Å². The summed E-state index contributed by atoms with van der Waals surface area (Å²) in [5.74, 6) is 0. The maximum atomic E-state index is 14.2. The summed E-state index contributed by atoms with van der Waals surface area (Å²) in [7, 11) is -3.24. The molecular formula is C29H21O2P. The number of hydrogen-bond donors (Lipinski definition) is 0. The monoisotopic (exact) mass is 432 g/mol. The van der Waals surface area contributed by atoms with E-state index in [1.807, 2.05) is 60.7 Å². The van der Waals surface area contributed by atoms with E-state index in [2.05, 4.69) is 54.6 Å². The third kappa shape index (κ3) is 3.04. The maximum Gasteiger partial charge on any atom is 0.261 e. The van der Waals surface area contributed by atoms with Crippen LogP contribution in [0.1, 0.15) is 5.56 Å². The summed E-state index contributed by atoms with van der Waals surface area (Å²) in [5.41, 5.74) is 1.04. The van der Waals surface area contributed by atoms with Gasteiger partial charge in [0.2, 0.25) is 0 Å². The summed E-state index contributed by atoms with van der Waals surface area (Å²) < 4.78 is 20.6. The van der Waals surface area contributed by atoms with Gasteiger partial charge < -0.3 is 4.52 Å². The molecular weight excluding hydrogens is 411 g/mol. The first-order valence-corrected chi connectivity index (χ1v) is 12.4. The fourth-order valence-corrected chi connectivity index (χ4v) is 6.68. The lowest BCUT2D eigenvalue weighted by Gasteiger charge is -2.20. The highest BCUT2D eigenvalue weighted by atomic mass is 31.2. The number of benzene rings is 6. The number of rotatable bonds is 5. The van der Waals surface area contributed by atoms with Crippen molar-refractivity contribution in [1.82, 2.24) is 0 Å². The summed E-state index contributed by atoms with van der Waals surface area (Å²) in [5, 5.41) is 8.78. The molecule has 154 valence electrons. The Kier molecular flexibility index (Phi) is 4.57. The van der Waals surface area contributed by atoms with E-state index in [0.29, 0.717) is 10.6 Å². The fraction of sp³-hybridized carbons (Fsp3) is 0.0345. The van der Waals surface area contributed by atoms with Crippen LogP contribution in [0.2, 0.25) is 0 Å². The van der Waals surface area contributed by atoms with Gasteiger partial charge >= 0.3 is 0 Å². The van der Waals surface area contributed by atoms with Crippen LogP contribution in [0.4, 0.5) is 0 Å². The topological polar surface area (TPSA) is 26.3 Å². The minimum absolute atomic E-state index is 0.273. The maximum absolute atomic E-state index is 14.2. The van der Waals surface area contributed by atoms with Crippen molar-refractivity contribution < 1.29 is 9.09 Å². The first-order valence-electron chi connectivity index (χ1n) is 10.8. The zero-order valence-corrected chi connectivity index (χ0v) is 18.3. The minimum atomic E-state index is -3.24. The molecule has 0 heterocycles. The van der Waals surface area contributed by atoms with Crippen molar-refractivity contribution in [3.63, 3.8) is 0 Å². The van der Waals surface area contributed by atoms with Gasteiger partial charge in [-0.05, 0) is 62.1 Å². The van der Waals surface area contributed by atoms with E-state index < -0.39 is 7.37 Å². The third-order valence-corrected chi connectivity index (χ3v) is 8.66. The van der Waals surface area contributed by atoms with Crippen LogP contribution < -0.4 is 10.6 Å². The lowest BCUT2D eigenvalue weighted by molar-refractivity contribution is 0.317. The molecule has 3 heteroatoms. The Morgan fingerprint density at radius 2 is 1.06 bits per heavy atom. The summed E-state index contributed by atoms with van der Waals surface area (Å²) in [6, 6.07) is 38.4. The second-order valence-electron chi connectivity index (χ2n) is 8.08. The smallest absolute Gasteiger partial charge is 0.261 e. The van der Waals surface area contributed by atoms with E-state index in [4.69, 9.17) is 4.52 Å². The van der Waals surface area contributed by atoms with Gasteiger partial charge in [0, 0.05) is 10.6 Å². The van der Waals surface area contributed by atoms with Gasteiger partial charge in [-0.2, -0.15) is 0 Å². The van der Waals surface area contributed by atoms with Crippen molar-refractivity contribution in [3.8, 4) is 0 Å². The molecule has 0 amide bonds. The first kappa shape index (κ1) is 19.3. The van der Waals surface area contributed by atoms with Gasteiger partial charge in [-0.15, -0.1) is 0 Å². The molecule has 0 N–H and O–H groups in total. The molecule has 0 aliphatic rings. The van der Waals surface area contributed by atoms with Crippen molar-refractivity contribution in [2.24, 2.45) is 0 Å². The van der Waals surface area contributed by atoms with Crippen LogP contribution >= 0.6 is 7.37 Å². The van der Waals surface area contributed by atoms with Crippen LogP contribution in [0.5, 0.6) is 0 Å². The summed E-state index contributed by atoms with van der Waals surface area (Å²) in [6.45, 7) is 0.273. The van der Waals surface area contributed by atoms with Crippen molar-refractivity contribution in [2.75, 3.05) is 0 Å². The molecule has 6 rings (SSSR count). The summed E-state index contributed by atoms with van der Waals surface area (Å²) >= 11 is 0. The van der Waals surface area contributed by atoms with E-state index in [9.17, 15) is 4.57 Å². The molecule has 0 aromatic heterocycles. The highest BCUT2D eigenvalue weighted by molar-refractivity contribution is 7.74. The van der Waals surface area contributed by atoms with E-state index in [0.717, 1.165) is 10.9 Å². The zero-order valence-electron chi connectivity index (χ0n) is 17.4.